The Morgan fingerprint density at radius 1 is 1.47 bits per heavy atom. The smallest absolute Gasteiger partial charge is 0.274 e. The van der Waals surface area contributed by atoms with Crippen LogP contribution in [0.1, 0.15) is 24.5 Å². The fourth-order valence-corrected chi connectivity index (χ4v) is 3.13. The summed E-state index contributed by atoms with van der Waals surface area (Å²) in [5, 5.41) is 3.69. The van der Waals surface area contributed by atoms with E-state index in [1.54, 1.807) is 6.07 Å². The van der Waals surface area contributed by atoms with Crippen LogP contribution in [-0.4, -0.2) is 17.9 Å². The van der Waals surface area contributed by atoms with Crippen molar-refractivity contribution in [3.05, 3.63) is 24.1 Å². The second kappa shape index (κ2) is 3.81. The second-order valence-electron chi connectivity index (χ2n) is 3.83. The van der Waals surface area contributed by atoms with Gasteiger partial charge in [0.25, 0.3) is 10.0 Å². The van der Waals surface area contributed by atoms with E-state index in [-0.39, 0.29) is 10.0 Å². The minimum absolute atomic E-state index is 0.161. The highest BCUT2D eigenvalue weighted by molar-refractivity contribution is 7.94. The van der Waals surface area contributed by atoms with E-state index in [0.29, 0.717) is 5.92 Å². The fourth-order valence-electron chi connectivity index (χ4n) is 1.43. The lowest BCUT2D eigenvalue weighted by molar-refractivity contribution is 0.387. The molecule has 8 heteroatoms. The largest absolute Gasteiger partial charge is 0.359 e. The molecule has 2 aromatic rings. The number of nitrogens with one attached hydrogen (secondary N) is 1. The Hall–Kier alpha value is -1.41. The van der Waals surface area contributed by atoms with Gasteiger partial charge in [0.15, 0.2) is 10.0 Å². The van der Waals surface area contributed by atoms with Gasteiger partial charge in [0, 0.05) is 18.2 Å². The van der Waals surface area contributed by atoms with Gasteiger partial charge in [0.05, 0.1) is 0 Å². The van der Waals surface area contributed by atoms with Gasteiger partial charge in [-0.2, -0.15) is 4.37 Å². The molecule has 0 atom stereocenters. The van der Waals surface area contributed by atoms with Crippen LogP contribution in [0, 0.1) is 0 Å². The average molecular weight is 271 g/mol. The molecule has 2 aromatic heterocycles. The van der Waals surface area contributed by atoms with E-state index in [1.807, 2.05) is 0 Å². The van der Waals surface area contributed by atoms with Gasteiger partial charge in [-0.1, -0.05) is 5.16 Å². The maximum Gasteiger partial charge on any atom is 0.274 e. The standard InChI is InChI=1S/C9H9N3O3S2/c13-17(14,9-3-4-10-16-9)12-8-5-7(15-11-8)6-1-2-6/h3-6H,1-2H2,(H,11,12). The van der Waals surface area contributed by atoms with E-state index >= 15 is 0 Å². The zero-order valence-electron chi connectivity index (χ0n) is 8.66. The fraction of sp³-hybridized carbons (Fsp3) is 0.333. The summed E-state index contributed by atoms with van der Waals surface area (Å²) in [6.45, 7) is 0. The third kappa shape index (κ3) is 2.18. The van der Waals surface area contributed by atoms with E-state index < -0.39 is 10.0 Å². The van der Waals surface area contributed by atoms with Gasteiger partial charge in [-0.25, -0.2) is 8.42 Å². The highest BCUT2D eigenvalue weighted by Gasteiger charge is 2.28. The molecule has 1 N–H and O–H groups in total. The Morgan fingerprint density at radius 2 is 2.29 bits per heavy atom. The van der Waals surface area contributed by atoms with Crippen LogP contribution in [-0.2, 0) is 10.0 Å². The number of hydrogen-bond acceptors (Lipinski definition) is 6. The summed E-state index contributed by atoms with van der Waals surface area (Å²) in [7, 11) is -3.58. The number of aromatic nitrogens is 2. The topological polar surface area (TPSA) is 85.1 Å². The van der Waals surface area contributed by atoms with Crippen LogP contribution in [0.2, 0.25) is 0 Å². The van der Waals surface area contributed by atoms with Crippen molar-refractivity contribution in [2.75, 3.05) is 4.72 Å². The van der Waals surface area contributed by atoms with Crippen molar-refractivity contribution in [3.8, 4) is 0 Å². The molecule has 0 aliphatic heterocycles. The number of nitrogens with zero attached hydrogens (tertiary/aromatic N) is 2. The van der Waals surface area contributed by atoms with E-state index in [9.17, 15) is 8.42 Å². The first-order valence-electron chi connectivity index (χ1n) is 5.05. The van der Waals surface area contributed by atoms with E-state index in [4.69, 9.17) is 4.52 Å². The van der Waals surface area contributed by atoms with Crippen LogP contribution in [0.4, 0.5) is 5.82 Å². The van der Waals surface area contributed by atoms with Gasteiger partial charge in [-0.05, 0) is 30.4 Å². The molecule has 1 fully saturated rings. The maximum absolute atomic E-state index is 11.8. The highest BCUT2D eigenvalue weighted by Crippen LogP contribution is 2.40. The summed E-state index contributed by atoms with van der Waals surface area (Å²) in [5.74, 6) is 1.37. The van der Waals surface area contributed by atoms with Gasteiger partial charge in [-0.3, -0.25) is 4.72 Å². The zero-order chi connectivity index (χ0) is 11.9. The Morgan fingerprint density at radius 3 is 2.94 bits per heavy atom. The van der Waals surface area contributed by atoms with Crippen molar-refractivity contribution in [1.82, 2.24) is 9.53 Å². The van der Waals surface area contributed by atoms with Gasteiger partial charge >= 0.3 is 0 Å². The second-order valence-corrected chi connectivity index (χ2v) is 6.57. The van der Waals surface area contributed by atoms with Crippen molar-refractivity contribution in [1.29, 1.82) is 0 Å². The van der Waals surface area contributed by atoms with Crippen LogP contribution in [0.15, 0.2) is 27.1 Å². The summed E-state index contributed by atoms with van der Waals surface area (Å²) in [4.78, 5) is 0. The van der Waals surface area contributed by atoms with Crippen molar-refractivity contribution in [2.45, 2.75) is 23.0 Å². The molecule has 2 heterocycles. The molecule has 6 nitrogen and oxygen atoms in total. The minimum Gasteiger partial charge on any atom is -0.359 e. The Balaban J connectivity index is 1.81. The van der Waals surface area contributed by atoms with Crippen LogP contribution in [0.3, 0.4) is 0 Å². The predicted molar refractivity (Wildman–Crippen MR) is 61.4 cm³/mol. The highest BCUT2D eigenvalue weighted by atomic mass is 32.2. The molecule has 90 valence electrons. The summed E-state index contributed by atoms with van der Waals surface area (Å²) < 4.78 is 35.0. The molecule has 17 heavy (non-hydrogen) atoms. The molecule has 0 radical (unpaired) electrons. The first kappa shape index (κ1) is 10.7. The Kier molecular flexibility index (Phi) is 2.40. The first-order chi connectivity index (χ1) is 8.15. The quantitative estimate of drug-likeness (QED) is 0.916. The SMILES string of the molecule is O=S(=O)(Nc1cc(C2CC2)on1)c1ccns1. The molecule has 1 aliphatic carbocycles. The normalized spacial score (nSPS) is 16.0. The maximum atomic E-state index is 11.8. The van der Waals surface area contributed by atoms with E-state index in [0.717, 1.165) is 30.1 Å². The van der Waals surface area contributed by atoms with Crippen molar-refractivity contribution >= 4 is 27.4 Å². The molecule has 3 rings (SSSR count). The number of sulfonamides is 1. The molecule has 0 bridgehead atoms. The van der Waals surface area contributed by atoms with Crippen LogP contribution in [0.25, 0.3) is 0 Å². The predicted octanol–water partition coefficient (Wildman–Crippen LogP) is 1.81. The molecular formula is C9H9N3O3S2. The monoisotopic (exact) mass is 271 g/mol. The number of anilines is 1. The number of rotatable bonds is 4. The zero-order valence-corrected chi connectivity index (χ0v) is 10.3. The Bertz CT molecular complexity index is 614. The molecule has 0 amide bonds. The summed E-state index contributed by atoms with van der Waals surface area (Å²) in [6, 6.07) is 3.07. The van der Waals surface area contributed by atoms with Crippen LogP contribution in [0.5, 0.6) is 0 Å². The van der Waals surface area contributed by atoms with E-state index in [1.165, 1.54) is 12.3 Å². The molecule has 0 saturated heterocycles. The minimum atomic E-state index is -3.58. The van der Waals surface area contributed by atoms with Gasteiger partial charge in [0.2, 0.25) is 0 Å². The van der Waals surface area contributed by atoms with Crippen LogP contribution < -0.4 is 4.72 Å². The van der Waals surface area contributed by atoms with Crippen molar-refractivity contribution in [3.63, 3.8) is 0 Å². The van der Waals surface area contributed by atoms with Crippen molar-refractivity contribution in [2.24, 2.45) is 0 Å². The third-order valence-corrected chi connectivity index (χ3v) is 4.99. The van der Waals surface area contributed by atoms with Crippen LogP contribution >= 0.6 is 11.5 Å². The molecule has 0 aromatic carbocycles. The summed E-state index contributed by atoms with van der Waals surface area (Å²) in [6.07, 6.45) is 3.60. The first-order valence-corrected chi connectivity index (χ1v) is 7.31. The van der Waals surface area contributed by atoms with Crippen molar-refractivity contribution < 1.29 is 12.9 Å². The lowest BCUT2D eigenvalue weighted by Gasteiger charge is -1.99. The summed E-state index contributed by atoms with van der Waals surface area (Å²) >= 11 is 0.916. The Labute approximate surface area is 102 Å². The van der Waals surface area contributed by atoms with Gasteiger partial charge in [-0.15, -0.1) is 0 Å². The van der Waals surface area contributed by atoms with Gasteiger partial charge in [0.1, 0.15) is 5.76 Å². The van der Waals surface area contributed by atoms with Gasteiger partial charge < -0.3 is 4.52 Å². The molecule has 0 unspecified atom stereocenters. The average Bonchev–Trinajstić information content (AvgIpc) is 2.81. The summed E-state index contributed by atoms with van der Waals surface area (Å²) in [5.41, 5.74) is 0. The third-order valence-electron chi connectivity index (χ3n) is 2.43. The molecule has 0 spiro atoms. The molecule has 1 saturated carbocycles. The lowest BCUT2D eigenvalue weighted by Crippen LogP contribution is -2.11. The van der Waals surface area contributed by atoms with E-state index in [2.05, 4.69) is 14.3 Å². The number of hydrogen-bond donors (Lipinski definition) is 1. The lowest BCUT2D eigenvalue weighted by atomic mass is 10.3. The molecule has 1 aliphatic rings. The molecular weight excluding hydrogens is 262 g/mol.